The van der Waals surface area contributed by atoms with Crippen LogP contribution in [0, 0.1) is 0 Å². The number of ether oxygens (including phenoxy) is 1. The summed E-state index contributed by atoms with van der Waals surface area (Å²) in [5, 5.41) is 3.46. The molecule has 4 heteroatoms. The maximum atomic E-state index is 5.29. The van der Waals surface area contributed by atoms with E-state index in [4.69, 9.17) is 4.74 Å². The van der Waals surface area contributed by atoms with Crippen molar-refractivity contribution in [3.8, 4) is 5.75 Å². The summed E-state index contributed by atoms with van der Waals surface area (Å²) in [6, 6.07) is 2.29. The SMILES string of the molecule is CCC(CC)(C(NC)c1cncc(OC)c1)N(C)C. The second kappa shape index (κ2) is 6.87. The van der Waals surface area contributed by atoms with Gasteiger partial charge >= 0.3 is 0 Å². The van der Waals surface area contributed by atoms with Gasteiger partial charge in [-0.25, -0.2) is 0 Å². The van der Waals surface area contributed by atoms with Gasteiger partial charge in [-0.3, -0.25) is 4.98 Å². The van der Waals surface area contributed by atoms with E-state index in [-0.39, 0.29) is 11.6 Å². The van der Waals surface area contributed by atoms with Crippen molar-refractivity contribution in [3.05, 3.63) is 24.0 Å². The Hall–Kier alpha value is -1.13. The minimum absolute atomic E-state index is 0.0722. The summed E-state index contributed by atoms with van der Waals surface area (Å²) in [5.41, 5.74) is 1.24. The lowest BCUT2D eigenvalue weighted by atomic mass is 9.80. The molecule has 1 aromatic rings. The van der Waals surface area contributed by atoms with E-state index in [1.54, 1.807) is 13.3 Å². The Morgan fingerprint density at radius 2 is 1.95 bits per heavy atom. The van der Waals surface area contributed by atoms with E-state index in [1.165, 1.54) is 5.56 Å². The maximum absolute atomic E-state index is 5.29. The first kappa shape index (κ1) is 15.9. The molecule has 1 heterocycles. The van der Waals surface area contributed by atoms with Crippen LogP contribution in [0.25, 0.3) is 0 Å². The lowest BCUT2D eigenvalue weighted by molar-refractivity contribution is 0.0915. The molecule has 0 amide bonds. The van der Waals surface area contributed by atoms with Crippen molar-refractivity contribution < 1.29 is 4.74 Å². The predicted molar refractivity (Wildman–Crippen MR) is 79.6 cm³/mol. The second-order valence-corrected chi connectivity index (χ2v) is 5.08. The Bertz CT molecular complexity index is 389. The Balaban J connectivity index is 3.23. The fourth-order valence-corrected chi connectivity index (χ4v) is 3.00. The van der Waals surface area contributed by atoms with Crippen molar-refractivity contribution in [1.82, 2.24) is 15.2 Å². The molecule has 4 nitrogen and oxygen atoms in total. The third-order valence-electron chi connectivity index (χ3n) is 4.24. The monoisotopic (exact) mass is 265 g/mol. The van der Waals surface area contributed by atoms with Crippen molar-refractivity contribution in [3.63, 3.8) is 0 Å². The van der Waals surface area contributed by atoms with Crippen LogP contribution in [0.2, 0.25) is 0 Å². The smallest absolute Gasteiger partial charge is 0.137 e. The number of likely N-dealkylation sites (N-methyl/N-ethyl adjacent to an activating group) is 2. The molecule has 0 fully saturated rings. The van der Waals surface area contributed by atoms with Crippen LogP contribution < -0.4 is 10.1 Å². The normalized spacial score (nSPS) is 13.6. The Labute approximate surface area is 117 Å². The van der Waals surface area contributed by atoms with E-state index < -0.39 is 0 Å². The van der Waals surface area contributed by atoms with Gasteiger partial charge in [0, 0.05) is 11.7 Å². The number of pyridine rings is 1. The number of rotatable bonds is 7. The molecule has 0 bridgehead atoms. The van der Waals surface area contributed by atoms with Crippen LogP contribution in [0.15, 0.2) is 18.5 Å². The highest BCUT2D eigenvalue weighted by atomic mass is 16.5. The summed E-state index contributed by atoms with van der Waals surface area (Å²) in [7, 11) is 7.97. The van der Waals surface area contributed by atoms with Crippen LogP contribution in [-0.4, -0.2) is 43.7 Å². The molecule has 0 spiro atoms. The van der Waals surface area contributed by atoms with Crippen molar-refractivity contribution in [1.29, 1.82) is 0 Å². The van der Waals surface area contributed by atoms with E-state index in [0.717, 1.165) is 18.6 Å². The van der Waals surface area contributed by atoms with Gasteiger partial charge in [-0.2, -0.15) is 0 Å². The van der Waals surface area contributed by atoms with Crippen LogP contribution in [0.5, 0.6) is 5.75 Å². The van der Waals surface area contributed by atoms with Crippen LogP contribution in [0.4, 0.5) is 0 Å². The second-order valence-electron chi connectivity index (χ2n) is 5.08. The summed E-state index contributed by atoms with van der Waals surface area (Å²) < 4.78 is 5.29. The summed E-state index contributed by atoms with van der Waals surface area (Å²) in [6.45, 7) is 4.48. The van der Waals surface area contributed by atoms with Gasteiger partial charge in [0.05, 0.1) is 19.3 Å². The molecule has 0 radical (unpaired) electrons. The third-order valence-corrected chi connectivity index (χ3v) is 4.24. The van der Waals surface area contributed by atoms with Crippen molar-refractivity contribution in [2.24, 2.45) is 0 Å². The van der Waals surface area contributed by atoms with Gasteiger partial charge in [-0.05, 0) is 45.6 Å². The average Bonchev–Trinajstić information content (AvgIpc) is 2.44. The minimum Gasteiger partial charge on any atom is -0.495 e. The highest BCUT2D eigenvalue weighted by Gasteiger charge is 2.38. The van der Waals surface area contributed by atoms with Gasteiger partial charge in [0.15, 0.2) is 0 Å². The Morgan fingerprint density at radius 1 is 1.32 bits per heavy atom. The summed E-state index contributed by atoms with van der Waals surface area (Å²) in [4.78, 5) is 6.60. The van der Waals surface area contributed by atoms with Gasteiger partial charge in [0.2, 0.25) is 0 Å². The molecule has 1 N–H and O–H groups in total. The Kier molecular flexibility index (Phi) is 5.76. The van der Waals surface area contributed by atoms with Crippen LogP contribution in [0.1, 0.15) is 38.3 Å². The zero-order chi connectivity index (χ0) is 14.5. The van der Waals surface area contributed by atoms with E-state index in [2.05, 4.69) is 49.2 Å². The van der Waals surface area contributed by atoms with Gasteiger partial charge in [-0.15, -0.1) is 0 Å². The van der Waals surface area contributed by atoms with Crippen LogP contribution in [0.3, 0.4) is 0 Å². The standard InChI is InChI=1S/C15H27N3O/c1-7-15(8-2,18(4)5)14(16-3)12-9-13(19-6)11-17-10-12/h9-11,14,16H,7-8H2,1-6H3. The van der Waals surface area contributed by atoms with Gasteiger partial charge in [0.1, 0.15) is 5.75 Å². The highest BCUT2D eigenvalue weighted by Crippen LogP contribution is 2.36. The number of hydrogen-bond donors (Lipinski definition) is 1. The van der Waals surface area contributed by atoms with E-state index in [9.17, 15) is 0 Å². The number of nitrogens with one attached hydrogen (secondary N) is 1. The zero-order valence-corrected chi connectivity index (χ0v) is 13.0. The molecule has 19 heavy (non-hydrogen) atoms. The molecular weight excluding hydrogens is 238 g/mol. The minimum atomic E-state index is 0.0722. The van der Waals surface area contributed by atoms with Gasteiger partial charge in [0.25, 0.3) is 0 Å². The van der Waals surface area contributed by atoms with Crippen molar-refractivity contribution in [2.75, 3.05) is 28.3 Å². The third kappa shape index (κ3) is 3.07. The van der Waals surface area contributed by atoms with Gasteiger partial charge < -0.3 is 15.0 Å². The molecule has 0 aromatic carbocycles. The highest BCUT2D eigenvalue weighted by molar-refractivity contribution is 5.28. The molecule has 1 aromatic heterocycles. The molecular formula is C15H27N3O. The van der Waals surface area contributed by atoms with E-state index >= 15 is 0 Å². The number of methoxy groups -OCH3 is 1. The first-order valence-corrected chi connectivity index (χ1v) is 6.89. The molecule has 0 aliphatic heterocycles. The van der Waals surface area contributed by atoms with Crippen molar-refractivity contribution >= 4 is 0 Å². The van der Waals surface area contributed by atoms with Gasteiger partial charge in [-0.1, -0.05) is 13.8 Å². The molecule has 1 rings (SSSR count). The molecule has 1 atom stereocenters. The average molecular weight is 265 g/mol. The number of nitrogens with zero attached hydrogens (tertiary/aromatic N) is 2. The quantitative estimate of drug-likeness (QED) is 0.822. The molecule has 0 saturated carbocycles. The summed E-state index contributed by atoms with van der Waals surface area (Å²) >= 11 is 0. The molecule has 1 unspecified atom stereocenters. The summed E-state index contributed by atoms with van der Waals surface area (Å²) in [6.07, 6.45) is 5.80. The largest absolute Gasteiger partial charge is 0.495 e. The Morgan fingerprint density at radius 3 is 2.37 bits per heavy atom. The van der Waals surface area contributed by atoms with Crippen LogP contribution >= 0.6 is 0 Å². The fourth-order valence-electron chi connectivity index (χ4n) is 3.00. The topological polar surface area (TPSA) is 37.4 Å². The zero-order valence-electron chi connectivity index (χ0n) is 13.0. The molecule has 0 aliphatic carbocycles. The molecule has 108 valence electrons. The van der Waals surface area contributed by atoms with E-state index in [1.807, 2.05) is 13.2 Å². The van der Waals surface area contributed by atoms with Crippen LogP contribution in [-0.2, 0) is 0 Å². The maximum Gasteiger partial charge on any atom is 0.137 e. The lowest BCUT2D eigenvalue weighted by Gasteiger charge is -2.45. The lowest BCUT2D eigenvalue weighted by Crippen LogP contribution is -2.52. The fraction of sp³-hybridized carbons (Fsp3) is 0.667. The van der Waals surface area contributed by atoms with Crippen molar-refractivity contribution in [2.45, 2.75) is 38.3 Å². The number of hydrogen-bond acceptors (Lipinski definition) is 4. The first-order valence-electron chi connectivity index (χ1n) is 6.89. The number of aromatic nitrogens is 1. The van der Waals surface area contributed by atoms with E-state index in [0.29, 0.717) is 0 Å². The summed E-state index contributed by atoms with van der Waals surface area (Å²) in [5.74, 6) is 0.803. The molecule has 0 saturated heterocycles. The predicted octanol–water partition coefficient (Wildman–Crippen LogP) is 2.47. The molecule has 0 aliphatic rings. The first-order chi connectivity index (χ1) is 9.05.